The number of pyridine rings is 1. The highest BCUT2D eigenvalue weighted by Crippen LogP contribution is 2.26. The van der Waals surface area contributed by atoms with Crippen LogP contribution in [0.1, 0.15) is 27.5 Å². The van der Waals surface area contributed by atoms with Crippen LogP contribution in [0, 0.1) is 17.0 Å². The molecule has 1 aliphatic rings. The summed E-state index contributed by atoms with van der Waals surface area (Å²) < 4.78 is 0. The molecule has 1 aliphatic heterocycles. The number of halogens is 1. The van der Waals surface area contributed by atoms with Crippen molar-refractivity contribution in [1.29, 1.82) is 0 Å². The number of nitro groups is 1. The molecule has 1 fully saturated rings. The number of aromatic nitrogens is 1. The minimum atomic E-state index is -0.456. The highest BCUT2D eigenvalue weighted by molar-refractivity contribution is 5.95. The molecule has 3 rings (SSSR count). The van der Waals surface area contributed by atoms with E-state index < -0.39 is 4.92 Å². The Bertz CT molecular complexity index is 770. The molecular weight excluding hydrogens is 344 g/mol. The average molecular weight is 363 g/mol. The van der Waals surface area contributed by atoms with Crippen LogP contribution < -0.4 is 5.32 Å². The normalized spacial score (nSPS) is 16.8. The number of hydrogen-bond donors (Lipinski definition) is 1. The van der Waals surface area contributed by atoms with Crippen molar-refractivity contribution in [2.24, 2.45) is 0 Å². The summed E-state index contributed by atoms with van der Waals surface area (Å²) in [5.74, 6) is -0.201. The summed E-state index contributed by atoms with van der Waals surface area (Å²) in [5, 5.41) is 14.4. The summed E-state index contributed by atoms with van der Waals surface area (Å²) in [4.78, 5) is 29.5. The Labute approximate surface area is 151 Å². The molecule has 0 bridgehead atoms. The summed E-state index contributed by atoms with van der Waals surface area (Å²) in [5.41, 5.74) is 1.79. The van der Waals surface area contributed by atoms with Gasteiger partial charge in [-0.25, -0.2) is 0 Å². The predicted molar refractivity (Wildman–Crippen MR) is 96.0 cm³/mol. The van der Waals surface area contributed by atoms with Crippen molar-refractivity contribution in [3.05, 3.63) is 69.5 Å². The number of rotatable bonds is 3. The van der Waals surface area contributed by atoms with E-state index in [1.54, 1.807) is 36.4 Å². The third kappa shape index (κ3) is 3.94. The summed E-state index contributed by atoms with van der Waals surface area (Å²) in [6.07, 6.45) is 3.44. The Morgan fingerprint density at radius 3 is 2.88 bits per heavy atom. The molecule has 7 nitrogen and oxygen atoms in total. The van der Waals surface area contributed by atoms with Crippen LogP contribution >= 0.6 is 12.4 Å². The number of carbonyl (C=O) groups is 1. The van der Waals surface area contributed by atoms with Gasteiger partial charge in [-0.05, 0) is 24.6 Å². The molecule has 1 aromatic carbocycles. The summed E-state index contributed by atoms with van der Waals surface area (Å²) in [7, 11) is 0. The van der Waals surface area contributed by atoms with Gasteiger partial charge in [-0.3, -0.25) is 19.9 Å². The van der Waals surface area contributed by atoms with Crippen LogP contribution in [0.4, 0.5) is 5.69 Å². The standard InChI is InChI=1S/C17H18N4O3.ClH/c1-12-4-5-13(9-15(12)21(23)24)17(22)20-8-7-19-11-16(20)14-3-2-6-18-10-14;/h2-6,9-10,16,19H,7-8,11H2,1H3;1H. The van der Waals surface area contributed by atoms with Crippen molar-refractivity contribution in [1.82, 2.24) is 15.2 Å². The Morgan fingerprint density at radius 2 is 2.20 bits per heavy atom. The Balaban J connectivity index is 0.00000225. The maximum atomic E-state index is 12.9. The van der Waals surface area contributed by atoms with Crippen molar-refractivity contribution >= 4 is 24.0 Å². The SMILES string of the molecule is Cc1ccc(C(=O)N2CCNCC2c2cccnc2)cc1[N+](=O)[O-].Cl. The minimum absolute atomic E-state index is 0. The fourth-order valence-corrected chi connectivity index (χ4v) is 2.92. The summed E-state index contributed by atoms with van der Waals surface area (Å²) >= 11 is 0. The summed E-state index contributed by atoms with van der Waals surface area (Å²) in [6.45, 7) is 3.53. The number of benzene rings is 1. The van der Waals surface area contributed by atoms with E-state index in [4.69, 9.17) is 0 Å². The van der Waals surface area contributed by atoms with E-state index in [1.165, 1.54) is 6.07 Å². The Morgan fingerprint density at radius 1 is 1.40 bits per heavy atom. The van der Waals surface area contributed by atoms with Gasteiger partial charge < -0.3 is 10.2 Å². The van der Waals surface area contributed by atoms with Gasteiger partial charge in [0, 0.05) is 49.2 Å². The van der Waals surface area contributed by atoms with E-state index in [9.17, 15) is 14.9 Å². The molecular formula is C17H19ClN4O3. The highest BCUT2D eigenvalue weighted by Gasteiger charge is 2.29. The monoisotopic (exact) mass is 362 g/mol. The lowest BCUT2D eigenvalue weighted by Crippen LogP contribution is -2.48. The maximum Gasteiger partial charge on any atom is 0.273 e. The van der Waals surface area contributed by atoms with Crippen LogP contribution in [0.2, 0.25) is 0 Å². The fraction of sp³-hybridized carbons (Fsp3) is 0.294. The first-order valence-corrected chi connectivity index (χ1v) is 7.74. The number of nitro benzene ring substituents is 1. The van der Waals surface area contributed by atoms with E-state index >= 15 is 0 Å². The van der Waals surface area contributed by atoms with Gasteiger partial charge in [0.2, 0.25) is 0 Å². The first kappa shape index (κ1) is 18.8. The third-order valence-corrected chi connectivity index (χ3v) is 4.23. The van der Waals surface area contributed by atoms with Crippen LogP contribution in [0.3, 0.4) is 0 Å². The molecule has 1 saturated heterocycles. The second-order valence-corrected chi connectivity index (χ2v) is 5.76. The fourth-order valence-electron chi connectivity index (χ4n) is 2.92. The molecule has 1 atom stereocenters. The lowest BCUT2D eigenvalue weighted by atomic mass is 10.0. The number of nitrogens with one attached hydrogen (secondary N) is 1. The quantitative estimate of drug-likeness (QED) is 0.669. The van der Waals surface area contributed by atoms with E-state index in [-0.39, 0.29) is 30.0 Å². The van der Waals surface area contributed by atoms with Crippen molar-refractivity contribution in [3.63, 3.8) is 0 Å². The van der Waals surface area contributed by atoms with Gasteiger partial charge in [0.15, 0.2) is 0 Å². The molecule has 1 aromatic heterocycles. The molecule has 1 N–H and O–H groups in total. The average Bonchev–Trinajstić information content (AvgIpc) is 2.62. The third-order valence-electron chi connectivity index (χ3n) is 4.23. The van der Waals surface area contributed by atoms with Crippen LogP contribution in [0.15, 0.2) is 42.7 Å². The van der Waals surface area contributed by atoms with E-state index in [1.807, 2.05) is 12.1 Å². The van der Waals surface area contributed by atoms with Crippen molar-refractivity contribution < 1.29 is 9.72 Å². The van der Waals surface area contributed by atoms with E-state index in [0.29, 0.717) is 30.8 Å². The molecule has 2 heterocycles. The molecule has 0 aliphatic carbocycles. The highest BCUT2D eigenvalue weighted by atomic mass is 35.5. The number of piperazine rings is 1. The predicted octanol–water partition coefficient (Wildman–Crippen LogP) is 2.51. The minimum Gasteiger partial charge on any atom is -0.329 e. The molecule has 25 heavy (non-hydrogen) atoms. The summed E-state index contributed by atoms with van der Waals surface area (Å²) in [6, 6.07) is 8.26. The van der Waals surface area contributed by atoms with E-state index in [0.717, 1.165) is 5.56 Å². The van der Waals surface area contributed by atoms with Crippen molar-refractivity contribution in [3.8, 4) is 0 Å². The van der Waals surface area contributed by atoms with Crippen LogP contribution in [-0.4, -0.2) is 40.3 Å². The smallest absolute Gasteiger partial charge is 0.273 e. The molecule has 1 amide bonds. The zero-order chi connectivity index (χ0) is 17.1. The van der Waals surface area contributed by atoms with Gasteiger partial charge in [0.25, 0.3) is 11.6 Å². The lowest BCUT2D eigenvalue weighted by molar-refractivity contribution is -0.385. The first-order chi connectivity index (χ1) is 11.6. The van der Waals surface area contributed by atoms with Crippen LogP contribution in [0.25, 0.3) is 0 Å². The van der Waals surface area contributed by atoms with E-state index in [2.05, 4.69) is 10.3 Å². The molecule has 0 spiro atoms. The van der Waals surface area contributed by atoms with Crippen molar-refractivity contribution in [2.45, 2.75) is 13.0 Å². The zero-order valence-corrected chi connectivity index (χ0v) is 14.5. The Kier molecular flexibility index (Phi) is 6.06. The van der Waals surface area contributed by atoms with Gasteiger partial charge in [0.05, 0.1) is 11.0 Å². The molecule has 1 unspecified atom stereocenters. The van der Waals surface area contributed by atoms with Gasteiger partial charge >= 0.3 is 0 Å². The Hall–Kier alpha value is -2.51. The second kappa shape index (κ2) is 8.04. The van der Waals surface area contributed by atoms with Gasteiger partial charge in [-0.2, -0.15) is 0 Å². The number of amides is 1. The zero-order valence-electron chi connectivity index (χ0n) is 13.7. The number of aryl methyl sites for hydroxylation is 1. The number of nitrogens with zero attached hydrogens (tertiary/aromatic N) is 3. The van der Waals surface area contributed by atoms with Crippen LogP contribution in [-0.2, 0) is 0 Å². The molecule has 132 valence electrons. The molecule has 0 saturated carbocycles. The van der Waals surface area contributed by atoms with Gasteiger partial charge in [-0.15, -0.1) is 12.4 Å². The number of carbonyl (C=O) groups excluding carboxylic acids is 1. The number of hydrogen-bond acceptors (Lipinski definition) is 5. The second-order valence-electron chi connectivity index (χ2n) is 5.76. The van der Waals surface area contributed by atoms with Crippen molar-refractivity contribution in [2.75, 3.05) is 19.6 Å². The van der Waals surface area contributed by atoms with Crippen LogP contribution in [0.5, 0.6) is 0 Å². The lowest BCUT2D eigenvalue weighted by Gasteiger charge is -2.36. The first-order valence-electron chi connectivity index (χ1n) is 7.74. The largest absolute Gasteiger partial charge is 0.329 e. The molecule has 8 heteroatoms. The van der Waals surface area contributed by atoms with Gasteiger partial charge in [0.1, 0.15) is 0 Å². The molecule has 0 radical (unpaired) electrons. The van der Waals surface area contributed by atoms with Gasteiger partial charge in [-0.1, -0.05) is 12.1 Å². The maximum absolute atomic E-state index is 12.9. The molecule has 2 aromatic rings. The topological polar surface area (TPSA) is 88.4 Å².